The molecule has 9 heteroatoms. The van der Waals surface area contributed by atoms with E-state index in [0.29, 0.717) is 31.6 Å². The van der Waals surface area contributed by atoms with E-state index in [4.69, 9.17) is 18.9 Å². The van der Waals surface area contributed by atoms with E-state index in [1.165, 1.54) is 3.97 Å². The smallest absolute Gasteiger partial charge is 0.268 e. The average molecular weight is 628 g/mol. The molecule has 8 nitrogen and oxygen atoms in total. The van der Waals surface area contributed by atoms with Crippen LogP contribution < -0.4 is 0 Å². The molecule has 234 valence electrons. The third-order valence-electron chi connectivity index (χ3n) is 8.00. The Morgan fingerprint density at radius 3 is 1.96 bits per heavy atom. The third-order valence-corrected chi connectivity index (χ3v) is 9.69. The molecule has 5 aromatic rings. The minimum Gasteiger partial charge on any atom is -0.394 e. The largest absolute Gasteiger partial charge is 0.394 e. The van der Waals surface area contributed by atoms with Crippen LogP contribution in [0.2, 0.25) is 0 Å². The van der Waals surface area contributed by atoms with Gasteiger partial charge in [0.15, 0.2) is 6.29 Å². The first-order chi connectivity index (χ1) is 22.0. The van der Waals surface area contributed by atoms with E-state index in [0.717, 1.165) is 22.1 Å². The van der Waals surface area contributed by atoms with Gasteiger partial charge in [0.2, 0.25) is 0 Å². The summed E-state index contributed by atoms with van der Waals surface area (Å²) >= 11 is 0. The fraction of sp³-hybridized carbons (Fsp3) is 0.278. The lowest BCUT2D eigenvalue weighted by Gasteiger charge is -2.40. The van der Waals surface area contributed by atoms with Crippen LogP contribution in [0.1, 0.15) is 23.1 Å². The molecule has 0 amide bonds. The molecular formula is C36H37NO7S. The summed E-state index contributed by atoms with van der Waals surface area (Å²) in [6.07, 6.45) is 0.416. The van der Waals surface area contributed by atoms with Gasteiger partial charge in [-0.3, -0.25) is 0 Å². The highest BCUT2D eigenvalue weighted by Gasteiger charge is 2.40. The Morgan fingerprint density at radius 2 is 1.31 bits per heavy atom. The second-order valence-corrected chi connectivity index (χ2v) is 12.9. The molecule has 0 radical (unpaired) electrons. The second-order valence-electron chi connectivity index (χ2n) is 11.0. The quantitative estimate of drug-likeness (QED) is 0.179. The molecular weight excluding hydrogens is 590 g/mol. The number of nitrogens with zero attached hydrogens (tertiary/aromatic N) is 1. The van der Waals surface area contributed by atoms with Crippen molar-refractivity contribution in [3.8, 4) is 0 Å². The fourth-order valence-electron chi connectivity index (χ4n) is 5.63. The molecule has 0 bridgehead atoms. The van der Waals surface area contributed by atoms with E-state index in [2.05, 4.69) is 0 Å². The number of hydrogen-bond donors (Lipinski definition) is 1. The molecule has 0 aliphatic carbocycles. The average Bonchev–Trinajstić information content (AvgIpc) is 3.47. The number of aliphatic hydroxyl groups is 1. The van der Waals surface area contributed by atoms with Crippen molar-refractivity contribution in [2.45, 2.75) is 55.6 Å². The van der Waals surface area contributed by atoms with Crippen molar-refractivity contribution in [1.82, 2.24) is 3.97 Å². The SMILES string of the molecule is O=S(=O)(c1ccccc1)n1cc(CCO[C@@H]2O[C@H](CO)[C@H](OCc3ccccc3)C[C@H]2OCc2ccccc2)c2ccccc21. The lowest BCUT2D eigenvalue weighted by Crippen LogP contribution is -2.51. The molecule has 1 fully saturated rings. The Morgan fingerprint density at radius 1 is 0.733 bits per heavy atom. The van der Waals surface area contributed by atoms with Crippen molar-refractivity contribution in [3.05, 3.63) is 138 Å². The van der Waals surface area contributed by atoms with Crippen molar-refractivity contribution in [2.75, 3.05) is 13.2 Å². The molecule has 0 saturated carbocycles. The molecule has 1 aliphatic heterocycles. The van der Waals surface area contributed by atoms with Crippen molar-refractivity contribution in [2.24, 2.45) is 0 Å². The molecule has 0 spiro atoms. The van der Waals surface area contributed by atoms with Crippen LogP contribution in [-0.2, 0) is 48.6 Å². The van der Waals surface area contributed by atoms with Gasteiger partial charge in [-0.15, -0.1) is 0 Å². The monoisotopic (exact) mass is 627 g/mol. The lowest BCUT2D eigenvalue weighted by atomic mass is 10.0. The maximum absolute atomic E-state index is 13.5. The number of aliphatic hydroxyl groups excluding tert-OH is 1. The molecule has 1 saturated heterocycles. The van der Waals surface area contributed by atoms with E-state index < -0.39 is 34.6 Å². The van der Waals surface area contributed by atoms with Gasteiger partial charge in [0.05, 0.1) is 42.9 Å². The van der Waals surface area contributed by atoms with Crippen molar-refractivity contribution in [1.29, 1.82) is 0 Å². The van der Waals surface area contributed by atoms with Crippen molar-refractivity contribution < 1.29 is 32.5 Å². The molecule has 4 atom stereocenters. The summed E-state index contributed by atoms with van der Waals surface area (Å²) in [5, 5.41) is 11.0. The summed E-state index contributed by atoms with van der Waals surface area (Å²) in [6, 6.07) is 35.6. The minimum absolute atomic E-state index is 0.224. The summed E-state index contributed by atoms with van der Waals surface area (Å²) < 4.78 is 53.5. The molecule has 4 aromatic carbocycles. The number of aromatic nitrogens is 1. The van der Waals surface area contributed by atoms with Gasteiger partial charge in [-0.1, -0.05) is 97.1 Å². The first-order valence-electron chi connectivity index (χ1n) is 15.1. The van der Waals surface area contributed by atoms with Gasteiger partial charge < -0.3 is 24.1 Å². The van der Waals surface area contributed by atoms with Gasteiger partial charge in [-0.25, -0.2) is 12.4 Å². The number of ether oxygens (including phenoxy) is 4. The maximum atomic E-state index is 13.5. The van der Waals surface area contributed by atoms with E-state index in [9.17, 15) is 13.5 Å². The van der Waals surface area contributed by atoms with Crippen LogP contribution in [0.25, 0.3) is 10.9 Å². The number of benzene rings is 4. The van der Waals surface area contributed by atoms with Crippen LogP contribution >= 0.6 is 0 Å². The molecule has 6 rings (SSSR count). The van der Waals surface area contributed by atoms with Crippen LogP contribution in [0.3, 0.4) is 0 Å². The second kappa shape index (κ2) is 14.5. The zero-order valence-electron chi connectivity index (χ0n) is 24.9. The Kier molecular flexibility index (Phi) is 10.0. The number of hydrogen-bond acceptors (Lipinski definition) is 7. The number of para-hydroxylation sites is 1. The fourth-order valence-corrected chi connectivity index (χ4v) is 7.04. The number of fused-ring (bicyclic) bond motifs is 1. The molecule has 0 unspecified atom stereocenters. The summed E-state index contributed by atoms with van der Waals surface area (Å²) in [5.74, 6) is 0. The van der Waals surface area contributed by atoms with Gasteiger partial charge in [-0.2, -0.15) is 0 Å². The first kappa shape index (κ1) is 31.2. The van der Waals surface area contributed by atoms with Gasteiger partial charge in [0.25, 0.3) is 10.0 Å². The summed E-state index contributed by atoms with van der Waals surface area (Å²) in [4.78, 5) is 0.224. The van der Waals surface area contributed by atoms with Gasteiger partial charge in [-0.05, 0) is 41.3 Å². The molecule has 45 heavy (non-hydrogen) atoms. The zero-order valence-corrected chi connectivity index (χ0v) is 25.7. The lowest BCUT2D eigenvalue weighted by molar-refractivity contribution is -0.287. The topological polar surface area (TPSA) is 96.2 Å². The Bertz CT molecular complexity index is 1760. The van der Waals surface area contributed by atoms with Crippen LogP contribution in [0, 0.1) is 0 Å². The van der Waals surface area contributed by atoms with Crippen LogP contribution in [0.5, 0.6) is 0 Å². The van der Waals surface area contributed by atoms with Gasteiger partial charge in [0.1, 0.15) is 12.2 Å². The Hall–Kier alpha value is -3.83. The zero-order chi connectivity index (χ0) is 31.1. The van der Waals surface area contributed by atoms with Crippen molar-refractivity contribution in [3.63, 3.8) is 0 Å². The summed E-state index contributed by atoms with van der Waals surface area (Å²) in [7, 11) is -3.79. The van der Waals surface area contributed by atoms with E-state index in [1.807, 2.05) is 78.9 Å². The molecule has 1 aromatic heterocycles. The van der Waals surface area contributed by atoms with E-state index >= 15 is 0 Å². The third kappa shape index (κ3) is 7.36. The highest BCUT2D eigenvalue weighted by molar-refractivity contribution is 7.90. The minimum atomic E-state index is -3.79. The predicted molar refractivity (Wildman–Crippen MR) is 171 cm³/mol. The van der Waals surface area contributed by atoms with Gasteiger partial charge in [0, 0.05) is 18.0 Å². The van der Waals surface area contributed by atoms with E-state index in [-0.39, 0.29) is 18.1 Å². The van der Waals surface area contributed by atoms with Crippen LogP contribution in [0.15, 0.2) is 126 Å². The molecule has 1 N–H and O–H groups in total. The Labute approximate surface area is 263 Å². The predicted octanol–water partition coefficient (Wildman–Crippen LogP) is 5.72. The van der Waals surface area contributed by atoms with Crippen LogP contribution in [-0.4, -0.2) is 55.3 Å². The Balaban J connectivity index is 1.17. The van der Waals surface area contributed by atoms with Crippen molar-refractivity contribution >= 4 is 20.9 Å². The maximum Gasteiger partial charge on any atom is 0.268 e. The number of rotatable bonds is 13. The standard InChI is InChI=1S/C36H37NO7S/c38-24-35-33(42-25-27-12-4-1-5-13-27)22-34(43-26-28-14-6-2-7-15-28)36(44-35)41-21-20-29-23-37(32-19-11-10-18-31(29)32)45(39,40)30-16-8-3-9-17-30/h1-19,23,33-36,38H,20-22,24-26H2/t33-,34-,35-,36-/m1/s1. The highest BCUT2D eigenvalue weighted by Crippen LogP contribution is 2.29. The van der Waals surface area contributed by atoms with Gasteiger partial charge >= 0.3 is 0 Å². The molecule has 1 aliphatic rings. The summed E-state index contributed by atoms with van der Waals surface area (Å²) in [6.45, 7) is 0.783. The molecule has 2 heterocycles. The van der Waals surface area contributed by atoms with Crippen LogP contribution in [0.4, 0.5) is 0 Å². The first-order valence-corrected chi connectivity index (χ1v) is 16.6. The van der Waals surface area contributed by atoms with E-state index in [1.54, 1.807) is 42.6 Å². The normalized spacial score (nSPS) is 20.4. The summed E-state index contributed by atoms with van der Waals surface area (Å²) in [5.41, 5.74) is 3.50. The highest BCUT2D eigenvalue weighted by atomic mass is 32.2.